The molecule has 1 saturated heterocycles. The highest BCUT2D eigenvalue weighted by atomic mass is 35.5. The van der Waals surface area contributed by atoms with Gasteiger partial charge in [0, 0.05) is 48.3 Å². The fraction of sp³-hybridized carbons (Fsp3) is 0.296. The van der Waals surface area contributed by atoms with Gasteiger partial charge in [0.05, 0.1) is 18.4 Å². The maximum Gasteiger partial charge on any atom is 0.309 e. The van der Waals surface area contributed by atoms with Crippen molar-refractivity contribution in [3.8, 4) is 5.75 Å². The maximum absolute atomic E-state index is 13.0. The quantitative estimate of drug-likeness (QED) is 0.349. The molecule has 0 spiro atoms. The van der Waals surface area contributed by atoms with Gasteiger partial charge in [0.15, 0.2) is 0 Å². The summed E-state index contributed by atoms with van der Waals surface area (Å²) < 4.78 is 38.5. The average molecular weight is 564 g/mol. The predicted octanol–water partition coefficient (Wildman–Crippen LogP) is 4.79. The van der Waals surface area contributed by atoms with Crippen LogP contribution >= 0.6 is 23.2 Å². The first-order valence-corrected chi connectivity index (χ1v) is 14.0. The number of nitrogens with zero attached hydrogens (tertiary/aromatic N) is 2. The zero-order chi connectivity index (χ0) is 26.4. The Kier molecular flexibility index (Phi) is 9.10. The first kappa shape index (κ1) is 27.4. The molecule has 4 rings (SSSR count). The monoisotopic (exact) mass is 562 g/mol. The molecule has 3 aromatic carbocycles. The van der Waals surface area contributed by atoms with Crippen LogP contribution in [0.5, 0.6) is 5.75 Å². The number of hydrogen-bond donors (Lipinski definition) is 0. The number of hydrogen-bond acceptors (Lipinski definition) is 6. The summed E-state index contributed by atoms with van der Waals surface area (Å²) >= 11 is 11.9. The number of esters is 1. The van der Waals surface area contributed by atoms with Gasteiger partial charge in [-0.15, -0.1) is 0 Å². The number of halogens is 2. The third-order valence-corrected chi connectivity index (χ3v) is 8.60. The molecule has 0 unspecified atom stereocenters. The Labute approximate surface area is 227 Å². The summed E-state index contributed by atoms with van der Waals surface area (Å²) in [4.78, 5) is 14.2. The molecule has 10 heteroatoms. The van der Waals surface area contributed by atoms with Gasteiger partial charge in [-0.3, -0.25) is 9.69 Å². The number of ether oxygens (including phenoxy) is 2. The van der Waals surface area contributed by atoms with Crippen LogP contribution in [0.15, 0.2) is 71.6 Å². The van der Waals surface area contributed by atoms with E-state index in [1.54, 1.807) is 12.1 Å². The van der Waals surface area contributed by atoms with Gasteiger partial charge in [-0.1, -0.05) is 47.5 Å². The molecule has 0 atom stereocenters. The molecular weight excluding hydrogens is 535 g/mol. The lowest BCUT2D eigenvalue weighted by atomic mass is 10.1. The van der Waals surface area contributed by atoms with Crippen molar-refractivity contribution in [3.05, 3.63) is 93.5 Å². The maximum atomic E-state index is 13.0. The molecular formula is C27H28Cl2N2O5S. The molecule has 0 amide bonds. The van der Waals surface area contributed by atoms with Crippen molar-refractivity contribution in [1.82, 2.24) is 9.21 Å². The molecule has 7 nitrogen and oxygen atoms in total. The van der Waals surface area contributed by atoms with Crippen molar-refractivity contribution in [2.24, 2.45) is 0 Å². The van der Waals surface area contributed by atoms with Crippen molar-refractivity contribution in [2.45, 2.75) is 24.5 Å². The minimum absolute atomic E-state index is 0.161. The number of rotatable bonds is 9. The van der Waals surface area contributed by atoms with Crippen LogP contribution in [-0.4, -0.2) is 56.9 Å². The summed E-state index contributed by atoms with van der Waals surface area (Å²) in [6.45, 7) is 2.78. The molecule has 0 saturated carbocycles. The van der Waals surface area contributed by atoms with E-state index in [9.17, 15) is 13.2 Å². The van der Waals surface area contributed by atoms with Crippen LogP contribution in [0.1, 0.15) is 16.7 Å². The highest BCUT2D eigenvalue weighted by molar-refractivity contribution is 7.89. The third-order valence-electron chi connectivity index (χ3n) is 6.19. The molecule has 0 N–H and O–H groups in total. The second kappa shape index (κ2) is 12.3. The van der Waals surface area contributed by atoms with E-state index in [2.05, 4.69) is 4.90 Å². The van der Waals surface area contributed by atoms with Crippen LogP contribution in [0.3, 0.4) is 0 Å². The highest BCUT2D eigenvalue weighted by Crippen LogP contribution is 2.26. The lowest BCUT2D eigenvalue weighted by Gasteiger charge is -2.34. The second-order valence-corrected chi connectivity index (χ2v) is 11.6. The lowest BCUT2D eigenvalue weighted by Crippen LogP contribution is -2.48. The summed E-state index contributed by atoms with van der Waals surface area (Å²) in [5.41, 5.74) is 2.73. The van der Waals surface area contributed by atoms with Crippen molar-refractivity contribution < 1.29 is 22.7 Å². The topological polar surface area (TPSA) is 76.2 Å². The molecule has 1 aliphatic heterocycles. The van der Waals surface area contributed by atoms with Crippen molar-refractivity contribution in [3.63, 3.8) is 0 Å². The molecule has 196 valence electrons. The summed E-state index contributed by atoms with van der Waals surface area (Å²) in [5, 5.41) is 1.15. The van der Waals surface area contributed by atoms with E-state index in [1.807, 2.05) is 42.5 Å². The molecule has 0 aromatic heterocycles. The number of piperazine rings is 1. The Hall–Kier alpha value is -2.62. The molecule has 0 radical (unpaired) electrons. The van der Waals surface area contributed by atoms with Crippen LogP contribution < -0.4 is 4.74 Å². The van der Waals surface area contributed by atoms with Gasteiger partial charge in [-0.05, 0) is 53.6 Å². The van der Waals surface area contributed by atoms with E-state index in [0.717, 1.165) is 16.7 Å². The van der Waals surface area contributed by atoms with Crippen molar-refractivity contribution in [1.29, 1.82) is 0 Å². The van der Waals surface area contributed by atoms with Gasteiger partial charge in [0.2, 0.25) is 10.0 Å². The van der Waals surface area contributed by atoms with Gasteiger partial charge in [-0.25, -0.2) is 8.42 Å². The number of carbonyl (C=O) groups excluding carboxylic acids is 1. The molecule has 0 bridgehead atoms. The van der Waals surface area contributed by atoms with Gasteiger partial charge < -0.3 is 9.47 Å². The number of benzene rings is 3. The van der Waals surface area contributed by atoms with E-state index in [0.29, 0.717) is 55.1 Å². The normalized spacial score (nSPS) is 14.9. The first-order valence-electron chi connectivity index (χ1n) is 11.8. The largest absolute Gasteiger partial charge is 0.489 e. The zero-order valence-electron chi connectivity index (χ0n) is 20.4. The lowest BCUT2D eigenvalue weighted by molar-refractivity contribution is -0.139. The summed E-state index contributed by atoms with van der Waals surface area (Å²) in [7, 11) is -2.22. The van der Waals surface area contributed by atoms with Crippen LogP contribution in [0.2, 0.25) is 10.0 Å². The molecule has 1 heterocycles. The Morgan fingerprint density at radius 3 is 2.08 bits per heavy atom. The molecule has 1 fully saturated rings. The first-order chi connectivity index (χ1) is 17.7. The Balaban J connectivity index is 1.45. The summed E-state index contributed by atoms with van der Waals surface area (Å²) in [6, 6.07) is 19.3. The van der Waals surface area contributed by atoms with Crippen LogP contribution in [0.4, 0.5) is 0 Å². The number of methoxy groups -OCH3 is 1. The van der Waals surface area contributed by atoms with E-state index >= 15 is 0 Å². The minimum atomic E-state index is -3.59. The second-order valence-electron chi connectivity index (χ2n) is 8.74. The molecule has 3 aromatic rings. The zero-order valence-corrected chi connectivity index (χ0v) is 22.7. The molecule has 1 aliphatic rings. The Bertz CT molecular complexity index is 1320. The van der Waals surface area contributed by atoms with Crippen molar-refractivity contribution >= 4 is 39.2 Å². The van der Waals surface area contributed by atoms with Gasteiger partial charge in [-0.2, -0.15) is 4.31 Å². The predicted molar refractivity (Wildman–Crippen MR) is 143 cm³/mol. The third kappa shape index (κ3) is 7.24. The fourth-order valence-electron chi connectivity index (χ4n) is 4.11. The minimum Gasteiger partial charge on any atom is -0.489 e. The average Bonchev–Trinajstić information content (AvgIpc) is 2.89. The highest BCUT2D eigenvalue weighted by Gasteiger charge is 2.28. The number of sulfonamides is 1. The SMILES string of the molecule is COC(=O)Cc1ccc(OCc2ccc(Cl)cc2)c(CN2CCN(S(=O)(=O)c3ccc(Cl)cc3)CC2)c1. The van der Waals surface area contributed by atoms with Gasteiger partial charge in [0.25, 0.3) is 0 Å². The van der Waals surface area contributed by atoms with E-state index < -0.39 is 10.0 Å². The van der Waals surface area contributed by atoms with Crippen LogP contribution in [0.25, 0.3) is 0 Å². The molecule has 37 heavy (non-hydrogen) atoms. The Morgan fingerprint density at radius 1 is 0.865 bits per heavy atom. The Morgan fingerprint density at radius 2 is 1.46 bits per heavy atom. The van der Waals surface area contributed by atoms with Crippen LogP contribution in [-0.2, 0) is 39.1 Å². The van der Waals surface area contributed by atoms with Crippen molar-refractivity contribution in [2.75, 3.05) is 33.3 Å². The summed E-state index contributed by atoms with van der Waals surface area (Å²) in [6.07, 6.45) is 0.161. The van der Waals surface area contributed by atoms with Gasteiger partial charge >= 0.3 is 5.97 Å². The fourth-order valence-corrected chi connectivity index (χ4v) is 5.79. The smallest absolute Gasteiger partial charge is 0.309 e. The standard InChI is InChI=1S/C27H28Cl2N2O5S/c1-35-27(32)17-21-4-11-26(36-19-20-2-5-23(28)6-3-20)22(16-21)18-30-12-14-31(15-13-30)37(33,34)25-9-7-24(29)8-10-25/h2-11,16H,12-15,17-19H2,1H3. The number of carbonyl (C=O) groups is 1. The van der Waals surface area contributed by atoms with E-state index in [4.69, 9.17) is 32.7 Å². The summed E-state index contributed by atoms with van der Waals surface area (Å²) in [5.74, 6) is 0.390. The van der Waals surface area contributed by atoms with E-state index in [-0.39, 0.29) is 17.3 Å². The molecule has 0 aliphatic carbocycles. The van der Waals surface area contributed by atoms with E-state index in [1.165, 1.54) is 23.5 Å². The van der Waals surface area contributed by atoms with Crippen LogP contribution in [0, 0.1) is 0 Å². The van der Waals surface area contributed by atoms with Gasteiger partial charge in [0.1, 0.15) is 12.4 Å².